The standard InChI is InChI=1S/C40H34O16S4.4Na/c41-37(27-5-13-33(14-6-27)57(45,46)47)21-31(22-38(42)28-7-15-34(16-8-28)58(48,49)50)25-1-2-26(4-3-25)32(23-39(43)29-9-17-35(18-10-29)59(51,52)53)24-40(44)30-11-19-36(20-12-30)60(54,55)56;;;;/h1-20,31-32H,21-24H2,(H,45,46,47)(H,48,49,50)(H,51,52,53)(H,54,55,56);;;;/q;4*+1/p-4. The summed E-state index contributed by atoms with van der Waals surface area (Å²) in [7, 11) is -19.3. The molecule has 5 aromatic rings. The van der Waals surface area contributed by atoms with Gasteiger partial charge in [0, 0.05) is 47.9 Å². The van der Waals surface area contributed by atoms with Gasteiger partial charge in [-0.2, -0.15) is 0 Å². The molecule has 314 valence electrons. The molecular formula is C40H30Na4O16S4. The van der Waals surface area contributed by atoms with E-state index in [1.165, 1.54) is 24.3 Å². The molecular weight excluding hydrogens is 957 g/mol. The molecule has 0 fully saturated rings. The molecule has 0 bridgehead atoms. The van der Waals surface area contributed by atoms with Crippen LogP contribution in [0.5, 0.6) is 0 Å². The molecule has 5 aromatic carbocycles. The first-order valence-corrected chi connectivity index (χ1v) is 23.0. The monoisotopic (exact) mass is 986 g/mol. The normalized spacial score (nSPS) is 11.6. The third-order valence-corrected chi connectivity index (χ3v) is 12.9. The Labute approximate surface area is 458 Å². The minimum atomic E-state index is -4.81. The van der Waals surface area contributed by atoms with Crippen LogP contribution in [0, 0.1) is 0 Å². The van der Waals surface area contributed by atoms with Gasteiger partial charge in [0.15, 0.2) is 23.1 Å². The fourth-order valence-electron chi connectivity index (χ4n) is 6.25. The van der Waals surface area contributed by atoms with E-state index in [1.54, 1.807) is 0 Å². The third-order valence-electron chi connectivity index (χ3n) is 9.47. The molecule has 0 N–H and O–H groups in total. The van der Waals surface area contributed by atoms with E-state index in [2.05, 4.69) is 0 Å². The van der Waals surface area contributed by atoms with E-state index >= 15 is 0 Å². The van der Waals surface area contributed by atoms with Crippen LogP contribution < -0.4 is 118 Å². The maximum atomic E-state index is 13.5. The average molecular weight is 987 g/mol. The van der Waals surface area contributed by atoms with Crippen molar-refractivity contribution in [3.05, 3.63) is 155 Å². The Hall–Kier alpha value is -1.58. The van der Waals surface area contributed by atoms with Crippen LogP contribution in [-0.2, 0) is 40.5 Å². The first kappa shape index (κ1) is 60.4. The predicted octanol–water partition coefficient (Wildman–Crippen LogP) is -7.42. The van der Waals surface area contributed by atoms with Crippen molar-refractivity contribution in [2.24, 2.45) is 0 Å². The Morgan fingerprint density at radius 2 is 0.469 bits per heavy atom. The van der Waals surface area contributed by atoms with Crippen LogP contribution in [-0.4, -0.2) is 75.0 Å². The molecule has 16 nitrogen and oxygen atoms in total. The molecule has 0 atom stereocenters. The van der Waals surface area contributed by atoms with Crippen molar-refractivity contribution in [1.29, 1.82) is 0 Å². The van der Waals surface area contributed by atoms with Crippen LogP contribution in [0.1, 0.15) is 90.1 Å². The van der Waals surface area contributed by atoms with Crippen LogP contribution in [0.2, 0.25) is 0 Å². The summed E-state index contributed by atoms with van der Waals surface area (Å²) in [6.45, 7) is 0. The Morgan fingerprint density at radius 3 is 0.609 bits per heavy atom. The predicted molar refractivity (Wildman–Crippen MR) is 205 cm³/mol. The molecule has 0 saturated carbocycles. The smallest absolute Gasteiger partial charge is 0.744 e. The van der Waals surface area contributed by atoms with E-state index in [0.717, 1.165) is 97.1 Å². The number of rotatable bonds is 18. The van der Waals surface area contributed by atoms with Crippen molar-refractivity contribution in [1.82, 2.24) is 0 Å². The SMILES string of the molecule is O=C(CC(CC(=O)c1ccc(S(=O)(=O)[O-])cc1)c1ccc(C(CC(=O)c2ccc(S(=O)(=O)[O-])cc2)CC(=O)c2ccc(S(=O)(=O)[O-])cc2)cc1)c1ccc(S(=O)(=O)[O-])cc1.[Na+].[Na+].[Na+].[Na+]. The largest absolute Gasteiger partial charge is 1.00 e. The molecule has 0 spiro atoms. The van der Waals surface area contributed by atoms with Crippen LogP contribution in [0.25, 0.3) is 0 Å². The van der Waals surface area contributed by atoms with E-state index in [9.17, 15) is 71.1 Å². The Bertz CT molecular complexity index is 2530. The number of carbonyl (C=O) groups is 4. The summed E-state index contributed by atoms with van der Waals surface area (Å²) in [6, 6.07) is 22.9. The maximum Gasteiger partial charge on any atom is 1.00 e. The van der Waals surface area contributed by atoms with Crippen molar-refractivity contribution < 1.29 is 189 Å². The number of ketones is 4. The zero-order chi connectivity index (χ0) is 44.2. The second-order valence-electron chi connectivity index (χ2n) is 13.5. The molecule has 64 heavy (non-hydrogen) atoms. The van der Waals surface area contributed by atoms with E-state index in [-0.39, 0.29) is 166 Å². The molecule has 0 saturated heterocycles. The van der Waals surface area contributed by atoms with E-state index in [0.29, 0.717) is 11.1 Å². The fraction of sp³-hybridized carbons (Fsp3) is 0.150. The molecule has 0 radical (unpaired) electrons. The summed E-state index contributed by atoms with van der Waals surface area (Å²) in [6.07, 6.45) is -1.36. The fourth-order valence-corrected chi connectivity index (χ4v) is 8.13. The van der Waals surface area contributed by atoms with Crippen molar-refractivity contribution in [3.8, 4) is 0 Å². The summed E-state index contributed by atoms with van der Waals surface area (Å²) in [5.41, 5.74) is 0.859. The minimum absolute atomic E-state index is 0. The van der Waals surface area contributed by atoms with Crippen molar-refractivity contribution >= 4 is 63.6 Å². The number of carbonyl (C=O) groups excluding carboxylic acids is 4. The van der Waals surface area contributed by atoms with Crippen LogP contribution in [0.3, 0.4) is 0 Å². The Kier molecular flexibility index (Phi) is 23.7. The second-order valence-corrected chi connectivity index (χ2v) is 19.0. The summed E-state index contributed by atoms with van der Waals surface area (Å²) in [4.78, 5) is 51.6. The summed E-state index contributed by atoms with van der Waals surface area (Å²) in [5.74, 6) is -4.00. The van der Waals surface area contributed by atoms with Crippen molar-refractivity contribution in [3.63, 3.8) is 0 Å². The summed E-state index contributed by atoms with van der Waals surface area (Å²) < 4.78 is 137. The Morgan fingerprint density at radius 1 is 0.312 bits per heavy atom. The van der Waals surface area contributed by atoms with E-state index < -0.39 is 95.0 Å². The maximum absolute atomic E-state index is 13.5. The Balaban J connectivity index is 0.00000512. The van der Waals surface area contributed by atoms with Crippen molar-refractivity contribution in [2.45, 2.75) is 57.1 Å². The van der Waals surface area contributed by atoms with Gasteiger partial charge in [-0.15, -0.1) is 0 Å². The van der Waals surface area contributed by atoms with E-state index in [4.69, 9.17) is 0 Å². The second kappa shape index (κ2) is 25.2. The molecule has 0 heterocycles. The minimum Gasteiger partial charge on any atom is -0.744 e. The molecule has 0 aliphatic carbocycles. The van der Waals surface area contributed by atoms with Gasteiger partial charge in [-0.3, -0.25) is 19.2 Å². The molecule has 0 aliphatic heterocycles. The van der Waals surface area contributed by atoms with Gasteiger partial charge in [0.1, 0.15) is 40.5 Å². The number of Topliss-reactive ketones (excluding diaryl/α,β-unsaturated/α-hetero) is 4. The number of hydrogen-bond acceptors (Lipinski definition) is 16. The van der Waals surface area contributed by atoms with E-state index in [1.807, 2.05) is 0 Å². The molecule has 0 amide bonds. The third kappa shape index (κ3) is 16.9. The molecule has 24 heteroatoms. The zero-order valence-corrected chi connectivity index (χ0v) is 46.0. The zero-order valence-electron chi connectivity index (χ0n) is 34.7. The average Bonchev–Trinajstić information content (AvgIpc) is 3.19. The first-order valence-electron chi connectivity index (χ1n) is 17.4. The molecule has 5 rings (SSSR count). The van der Waals surface area contributed by atoms with Gasteiger partial charge in [0.05, 0.1) is 19.6 Å². The van der Waals surface area contributed by atoms with Gasteiger partial charge in [-0.1, -0.05) is 72.8 Å². The van der Waals surface area contributed by atoms with Crippen LogP contribution in [0.15, 0.2) is 141 Å². The topological polar surface area (TPSA) is 297 Å². The van der Waals surface area contributed by atoms with Crippen LogP contribution in [0.4, 0.5) is 0 Å². The quantitative estimate of drug-likeness (QED) is 0.0448. The van der Waals surface area contributed by atoms with Crippen LogP contribution >= 0.6 is 0 Å². The molecule has 0 aliphatic rings. The van der Waals surface area contributed by atoms with Gasteiger partial charge in [0.2, 0.25) is 0 Å². The van der Waals surface area contributed by atoms with Crippen molar-refractivity contribution in [2.75, 3.05) is 0 Å². The van der Waals surface area contributed by atoms with Gasteiger partial charge < -0.3 is 18.2 Å². The number of benzene rings is 5. The van der Waals surface area contributed by atoms with Gasteiger partial charge in [-0.05, 0) is 71.5 Å². The molecule has 0 aromatic heterocycles. The first-order chi connectivity index (χ1) is 27.9. The summed E-state index contributed by atoms with van der Waals surface area (Å²) >= 11 is 0. The molecule has 0 unspecified atom stereocenters. The van der Waals surface area contributed by atoms with Gasteiger partial charge in [0.25, 0.3) is 0 Å². The number of hydrogen-bond donors (Lipinski definition) is 0. The summed E-state index contributed by atoms with van der Waals surface area (Å²) in [5, 5.41) is 0. The van der Waals surface area contributed by atoms with Gasteiger partial charge >= 0.3 is 118 Å². The van der Waals surface area contributed by atoms with Gasteiger partial charge in [-0.25, -0.2) is 33.7 Å².